The van der Waals surface area contributed by atoms with Crippen molar-refractivity contribution in [2.75, 3.05) is 32.8 Å². The number of carbonyl (C=O) groups is 2. The van der Waals surface area contributed by atoms with Crippen LogP contribution in [0.4, 0.5) is 0 Å². The van der Waals surface area contributed by atoms with Gasteiger partial charge >= 0.3 is 5.97 Å². The van der Waals surface area contributed by atoms with Gasteiger partial charge in [0.25, 0.3) is 0 Å². The van der Waals surface area contributed by atoms with Gasteiger partial charge in [-0.25, -0.2) is 4.79 Å². The molecule has 1 heterocycles. The van der Waals surface area contributed by atoms with Crippen molar-refractivity contribution in [2.45, 2.75) is 54.0 Å². The minimum absolute atomic E-state index is 0.0568. The summed E-state index contributed by atoms with van der Waals surface area (Å²) in [7, 11) is 0. The first-order valence-corrected chi connectivity index (χ1v) is 11.4. The smallest absolute Gasteiger partial charge is 0.340 e. The van der Waals surface area contributed by atoms with E-state index >= 15 is 0 Å². The highest BCUT2D eigenvalue weighted by atomic mass is 16.5. The molecule has 0 saturated carbocycles. The number of hydrogen-bond donors (Lipinski definition) is 1. The number of nitrogens with one attached hydrogen (secondary N) is 1. The fourth-order valence-electron chi connectivity index (χ4n) is 4.09. The second-order valence-corrected chi connectivity index (χ2v) is 7.80. The summed E-state index contributed by atoms with van der Waals surface area (Å²) in [6.45, 7) is 14.0. The summed E-state index contributed by atoms with van der Waals surface area (Å²) in [6, 6.07) is 9.87. The zero-order valence-electron chi connectivity index (χ0n) is 19.7. The summed E-state index contributed by atoms with van der Waals surface area (Å²) in [5.41, 5.74) is 4.00. The molecule has 1 amide bonds. The number of nitrogens with zero attached hydrogens (tertiary/aromatic N) is 2. The molecular formula is C25H37N3O3. The van der Waals surface area contributed by atoms with Crippen molar-refractivity contribution in [3.8, 4) is 11.3 Å². The van der Waals surface area contributed by atoms with Gasteiger partial charge in [0.15, 0.2) is 0 Å². The molecule has 0 fully saturated rings. The fourth-order valence-corrected chi connectivity index (χ4v) is 4.09. The van der Waals surface area contributed by atoms with Gasteiger partial charge in [0, 0.05) is 18.8 Å². The first-order valence-electron chi connectivity index (χ1n) is 11.4. The summed E-state index contributed by atoms with van der Waals surface area (Å²) in [5, 5.41) is 3.05. The van der Waals surface area contributed by atoms with Crippen molar-refractivity contribution in [3.05, 3.63) is 47.2 Å². The SMILES string of the molecule is CCCN(CCC)CCNC(=O)Cn1c(C)c(C(=O)OCC)c(C)c1-c1ccccc1. The largest absolute Gasteiger partial charge is 0.462 e. The van der Waals surface area contributed by atoms with Gasteiger partial charge in [-0.05, 0) is 57.8 Å². The maximum atomic E-state index is 12.8. The highest BCUT2D eigenvalue weighted by molar-refractivity contribution is 5.95. The summed E-state index contributed by atoms with van der Waals surface area (Å²) in [5.74, 6) is -0.401. The number of ether oxygens (including phenoxy) is 1. The van der Waals surface area contributed by atoms with Crippen molar-refractivity contribution in [1.82, 2.24) is 14.8 Å². The molecule has 0 saturated heterocycles. The highest BCUT2D eigenvalue weighted by Crippen LogP contribution is 2.31. The van der Waals surface area contributed by atoms with Crippen LogP contribution >= 0.6 is 0 Å². The third-order valence-electron chi connectivity index (χ3n) is 5.43. The quantitative estimate of drug-likeness (QED) is 0.516. The van der Waals surface area contributed by atoms with E-state index < -0.39 is 0 Å². The molecule has 2 rings (SSSR count). The average molecular weight is 428 g/mol. The predicted octanol–water partition coefficient (Wildman–Crippen LogP) is 4.19. The molecule has 1 aromatic heterocycles. The van der Waals surface area contributed by atoms with Crippen molar-refractivity contribution in [2.24, 2.45) is 0 Å². The topological polar surface area (TPSA) is 63.6 Å². The van der Waals surface area contributed by atoms with Gasteiger partial charge in [0.05, 0.1) is 17.9 Å². The number of esters is 1. The lowest BCUT2D eigenvalue weighted by Crippen LogP contribution is -2.37. The summed E-state index contributed by atoms with van der Waals surface area (Å²) in [4.78, 5) is 27.8. The van der Waals surface area contributed by atoms with E-state index in [0.717, 1.165) is 55.0 Å². The lowest BCUT2D eigenvalue weighted by Gasteiger charge is -2.21. The molecule has 1 N–H and O–H groups in total. The number of benzene rings is 1. The standard InChI is InChI=1S/C25H37N3O3/c1-6-15-27(16-7-2)17-14-26-22(29)18-28-20(5)23(25(30)31-8-3)19(4)24(28)21-12-10-9-11-13-21/h9-13H,6-8,14-18H2,1-5H3,(H,26,29). The Labute approximate surface area is 186 Å². The van der Waals surface area contributed by atoms with Gasteiger partial charge in [0.1, 0.15) is 6.54 Å². The van der Waals surface area contributed by atoms with Crippen molar-refractivity contribution < 1.29 is 14.3 Å². The maximum absolute atomic E-state index is 12.8. The number of rotatable bonds is 12. The Morgan fingerprint density at radius 2 is 1.65 bits per heavy atom. The molecule has 31 heavy (non-hydrogen) atoms. The first-order chi connectivity index (χ1) is 14.9. The molecule has 0 radical (unpaired) electrons. The van der Waals surface area contributed by atoms with Gasteiger partial charge in [-0.15, -0.1) is 0 Å². The molecule has 2 aromatic rings. The molecule has 0 aliphatic carbocycles. The van der Waals surface area contributed by atoms with Crippen LogP contribution in [0.3, 0.4) is 0 Å². The summed E-state index contributed by atoms with van der Waals surface area (Å²) < 4.78 is 7.21. The van der Waals surface area contributed by atoms with Crippen LogP contribution in [-0.2, 0) is 16.1 Å². The lowest BCUT2D eigenvalue weighted by molar-refractivity contribution is -0.121. The maximum Gasteiger partial charge on any atom is 0.340 e. The lowest BCUT2D eigenvalue weighted by atomic mass is 10.1. The highest BCUT2D eigenvalue weighted by Gasteiger charge is 2.25. The minimum Gasteiger partial charge on any atom is -0.462 e. The second kappa shape index (κ2) is 12.3. The molecule has 0 bridgehead atoms. The Morgan fingerprint density at radius 3 is 2.23 bits per heavy atom. The molecule has 170 valence electrons. The molecule has 6 nitrogen and oxygen atoms in total. The molecule has 6 heteroatoms. The van der Waals surface area contributed by atoms with Crippen LogP contribution in [-0.4, -0.2) is 54.1 Å². The van der Waals surface area contributed by atoms with Gasteiger partial charge < -0.3 is 19.5 Å². The fraction of sp³-hybridized carbons (Fsp3) is 0.520. The van der Waals surface area contributed by atoms with Crippen LogP contribution in [0.25, 0.3) is 11.3 Å². The average Bonchev–Trinajstić information content (AvgIpc) is 2.98. The zero-order chi connectivity index (χ0) is 22.8. The number of carbonyl (C=O) groups excluding carboxylic acids is 2. The van der Waals surface area contributed by atoms with Crippen molar-refractivity contribution >= 4 is 11.9 Å². The minimum atomic E-state index is -0.344. The third kappa shape index (κ3) is 6.44. The Balaban J connectivity index is 2.23. The number of amides is 1. The van der Waals surface area contributed by atoms with Crippen LogP contribution in [0.1, 0.15) is 55.2 Å². The Kier molecular flexibility index (Phi) is 9.79. The molecule has 1 aromatic carbocycles. The molecule has 0 aliphatic heterocycles. The number of aromatic nitrogens is 1. The normalized spacial score (nSPS) is 11.0. The van der Waals surface area contributed by atoms with Gasteiger partial charge in [-0.1, -0.05) is 44.2 Å². The zero-order valence-corrected chi connectivity index (χ0v) is 19.7. The van der Waals surface area contributed by atoms with Gasteiger partial charge in [-0.3, -0.25) is 4.79 Å². The molecule has 0 aliphatic rings. The van der Waals surface area contributed by atoms with E-state index in [1.54, 1.807) is 6.92 Å². The Bertz CT molecular complexity index is 853. The molecular weight excluding hydrogens is 390 g/mol. The van der Waals surface area contributed by atoms with Crippen LogP contribution in [0.15, 0.2) is 30.3 Å². The van der Waals surface area contributed by atoms with Crippen LogP contribution in [0, 0.1) is 13.8 Å². The third-order valence-corrected chi connectivity index (χ3v) is 5.43. The van der Waals surface area contributed by atoms with E-state index in [1.807, 2.05) is 48.7 Å². The van der Waals surface area contributed by atoms with E-state index in [-0.39, 0.29) is 18.4 Å². The number of hydrogen-bond acceptors (Lipinski definition) is 4. The second-order valence-electron chi connectivity index (χ2n) is 7.80. The van der Waals surface area contributed by atoms with E-state index in [4.69, 9.17) is 4.74 Å². The monoisotopic (exact) mass is 427 g/mol. The van der Waals surface area contributed by atoms with Gasteiger partial charge in [-0.2, -0.15) is 0 Å². The van der Waals surface area contributed by atoms with E-state index in [9.17, 15) is 9.59 Å². The first kappa shape index (κ1) is 24.7. The molecule has 0 spiro atoms. The van der Waals surface area contributed by atoms with Crippen molar-refractivity contribution in [3.63, 3.8) is 0 Å². The predicted molar refractivity (Wildman–Crippen MR) is 125 cm³/mol. The van der Waals surface area contributed by atoms with Crippen LogP contribution in [0.2, 0.25) is 0 Å². The Morgan fingerprint density at radius 1 is 1.00 bits per heavy atom. The van der Waals surface area contributed by atoms with Gasteiger partial charge in [0.2, 0.25) is 5.91 Å². The van der Waals surface area contributed by atoms with E-state index in [2.05, 4.69) is 24.1 Å². The van der Waals surface area contributed by atoms with Crippen LogP contribution in [0.5, 0.6) is 0 Å². The summed E-state index contributed by atoms with van der Waals surface area (Å²) in [6.07, 6.45) is 2.21. The van der Waals surface area contributed by atoms with Crippen LogP contribution < -0.4 is 5.32 Å². The molecule has 0 unspecified atom stereocenters. The summed E-state index contributed by atoms with van der Waals surface area (Å²) >= 11 is 0. The van der Waals surface area contributed by atoms with E-state index in [0.29, 0.717) is 18.7 Å². The Hall–Kier alpha value is -2.60. The van der Waals surface area contributed by atoms with E-state index in [1.165, 1.54) is 0 Å². The van der Waals surface area contributed by atoms with Crippen molar-refractivity contribution in [1.29, 1.82) is 0 Å². The molecule has 0 atom stereocenters.